The van der Waals surface area contributed by atoms with Gasteiger partial charge in [0.25, 0.3) is 0 Å². The van der Waals surface area contributed by atoms with E-state index in [0.29, 0.717) is 12.1 Å². The molecule has 1 heterocycles. The summed E-state index contributed by atoms with van der Waals surface area (Å²) in [4.78, 5) is 2.58. The first kappa shape index (κ1) is 17.2. The van der Waals surface area contributed by atoms with E-state index in [0.717, 1.165) is 51.2 Å². The second kappa shape index (κ2) is 7.42. The molecule has 0 radical (unpaired) electrons. The van der Waals surface area contributed by atoms with E-state index in [1.807, 2.05) is 0 Å². The lowest BCUT2D eigenvalue weighted by Crippen LogP contribution is -2.49. The maximum Gasteiger partial charge on any atom is 0.150 e. The molecule has 21 heavy (non-hydrogen) atoms. The molecule has 1 aliphatic heterocycles. The van der Waals surface area contributed by atoms with Gasteiger partial charge >= 0.3 is 0 Å². The number of sulfone groups is 1. The average Bonchev–Trinajstić information content (AvgIpc) is 2.45. The molecule has 0 spiro atoms. The lowest BCUT2D eigenvalue weighted by atomic mass is 9.90. The van der Waals surface area contributed by atoms with Crippen LogP contribution in [0.2, 0.25) is 0 Å². The fraction of sp³-hybridized carbons (Fsp3) is 1.00. The van der Waals surface area contributed by atoms with Gasteiger partial charge in [0.15, 0.2) is 0 Å². The molecule has 4 nitrogen and oxygen atoms in total. The smallest absolute Gasteiger partial charge is 0.150 e. The lowest BCUT2D eigenvalue weighted by Gasteiger charge is -2.41. The van der Waals surface area contributed by atoms with Crippen molar-refractivity contribution in [2.45, 2.75) is 69.7 Å². The third kappa shape index (κ3) is 4.93. The van der Waals surface area contributed by atoms with Crippen molar-refractivity contribution >= 4 is 9.84 Å². The van der Waals surface area contributed by atoms with Gasteiger partial charge in [-0.15, -0.1) is 0 Å². The van der Waals surface area contributed by atoms with Gasteiger partial charge in [0.05, 0.1) is 5.25 Å². The van der Waals surface area contributed by atoms with Gasteiger partial charge in [-0.25, -0.2) is 8.42 Å². The molecule has 1 N–H and O–H groups in total. The van der Waals surface area contributed by atoms with Crippen LogP contribution in [0.25, 0.3) is 0 Å². The van der Waals surface area contributed by atoms with E-state index in [1.165, 1.54) is 19.1 Å². The first-order valence-electron chi connectivity index (χ1n) is 8.53. The van der Waals surface area contributed by atoms with Crippen molar-refractivity contribution in [3.05, 3.63) is 0 Å². The van der Waals surface area contributed by atoms with Gasteiger partial charge in [-0.05, 0) is 65.0 Å². The minimum absolute atomic E-state index is 0.123. The number of nitrogens with zero attached hydrogens (tertiary/aromatic N) is 1. The summed E-state index contributed by atoms with van der Waals surface area (Å²) in [5.74, 6) is 0.722. The molecule has 0 bridgehead atoms. The Morgan fingerprint density at radius 2 is 1.95 bits per heavy atom. The molecular formula is C16H32N2O2S. The normalized spacial score (nSPS) is 31.8. The van der Waals surface area contributed by atoms with Crippen LogP contribution in [0.15, 0.2) is 0 Å². The van der Waals surface area contributed by atoms with Crippen molar-refractivity contribution < 1.29 is 8.42 Å². The lowest BCUT2D eigenvalue weighted by molar-refractivity contribution is 0.0939. The largest absolute Gasteiger partial charge is 0.316 e. The summed E-state index contributed by atoms with van der Waals surface area (Å²) >= 11 is 0. The van der Waals surface area contributed by atoms with E-state index in [-0.39, 0.29) is 5.25 Å². The number of hydrogen-bond donors (Lipinski definition) is 1. The second-order valence-electron chi connectivity index (χ2n) is 7.27. The zero-order valence-corrected chi connectivity index (χ0v) is 14.7. The Hall–Kier alpha value is -0.130. The minimum Gasteiger partial charge on any atom is -0.316 e. The van der Waals surface area contributed by atoms with E-state index < -0.39 is 9.84 Å². The van der Waals surface area contributed by atoms with Crippen molar-refractivity contribution in [1.82, 2.24) is 10.2 Å². The zero-order chi connectivity index (χ0) is 15.5. The molecule has 2 fully saturated rings. The molecule has 2 rings (SSSR count). The van der Waals surface area contributed by atoms with Crippen molar-refractivity contribution in [3.8, 4) is 0 Å². The van der Waals surface area contributed by atoms with Gasteiger partial charge in [-0.1, -0.05) is 6.42 Å². The van der Waals surface area contributed by atoms with Gasteiger partial charge in [-0.3, -0.25) is 4.90 Å². The molecule has 5 heteroatoms. The monoisotopic (exact) mass is 316 g/mol. The Balaban J connectivity index is 1.99. The van der Waals surface area contributed by atoms with Crippen LogP contribution in [0.4, 0.5) is 0 Å². The Labute approximate surface area is 130 Å². The number of piperidine rings is 1. The molecule has 0 amide bonds. The second-order valence-corrected chi connectivity index (χ2v) is 9.60. The van der Waals surface area contributed by atoms with E-state index in [9.17, 15) is 8.42 Å². The SMILES string of the molecule is CC(C)N(CC1CCCNC1)C1CCCC(S(C)(=O)=O)C1. The number of rotatable bonds is 5. The standard InChI is InChI=1S/C16H32N2O2S/c1-13(2)18(12-14-6-5-9-17-11-14)15-7-4-8-16(10-15)21(3,19)20/h13-17H,4-12H2,1-3H3. The number of hydrogen-bond acceptors (Lipinski definition) is 4. The van der Waals surface area contributed by atoms with Gasteiger partial charge < -0.3 is 5.32 Å². The van der Waals surface area contributed by atoms with Crippen LogP contribution < -0.4 is 5.32 Å². The van der Waals surface area contributed by atoms with Crippen LogP contribution in [0.3, 0.4) is 0 Å². The van der Waals surface area contributed by atoms with Crippen LogP contribution in [0.5, 0.6) is 0 Å². The highest BCUT2D eigenvalue weighted by Crippen LogP contribution is 2.29. The molecule has 1 aliphatic carbocycles. The fourth-order valence-corrected chi connectivity index (χ4v) is 5.14. The molecule has 124 valence electrons. The highest BCUT2D eigenvalue weighted by atomic mass is 32.2. The summed E-state index contributed by atoms with van der Waals surface area (Å²) in [7, 11) is -2.89. The summed E-state index contributed by atoms with van der Waals surface area (Å²) in [5, 5.41) is 3.37. The maximum atomic E-state index is 11.9. The molecule has 3 unspecified atom stereocenters. The Kier molecular flexibility index (Phi) is 6.09. The van der Waals surface area contributed by atoms with Crippen molar-refractivity contribution in [3.63, 3.8) is 0 Å². The predicted octanol–water partition coefficient (Wildman–Crippen LogP) is 2.05. The zero-order valence-electron chi connectivity index (χ0n) is 13.8. The van der Waals surface area contributed by atoms with Gasteiger partial charge in [0, 0.05) is 24.9 Å². The molecule has 1 saturated heterocycles. The third-order valence-corrected chi connectivity index (χ3v) is 6.84. The summed E-state index contributed by atoms with van der Waals surface area (Å²) in [5.41, 5.74) is 0. The van der Waals surface area contributed by atoms with Crippen molar-refractivity contribution in [2.24, 2.45) is 5.92 Å². The van der Waals surface area contributed by atoms with Crippen LogP contribution >= 0.6 is 0 Å². The summed E-state index contributed by atoms with van der Waals surface area (Å²) in [6, 6.07) is 0.940. The Morgan fingerprint density at radius 1 is 1.19 bits per heavy atom. The molecule has 0 aromatic carbocycles. The molecule has 0 aromatic heterocycles. The molecule has 3 atom stereocenters. The highest BCUT2D eigenvalue weighted by Gasteiger charge is 2.33. The highest BCUT2D eigenvalue weighted by molar-refractivity contribution is 7.91. The molecular weight excluding hydrogens is 284 g/mol. The van der Waals surface area contributed by atoms with E-state index in [4.69, 9.17) is 0 Å². The van der Waals surface area contributed by atoms with E-state index in [2.05, 4.69) is 24.1 Å². The van der Waals surface area contributed by atoms with Crippen molar-refractivity contribution in [2.75, 3.05) is 25.9 Å². The first-order chi connectivity index (χ1) is 9.88. The Morgan fingerprint density at radius 3 is 2.52 bits per heavy atom. The number of nitrogens with one attached hydrogen (secondary N) is 1. The quantitative estimate of drug-likeness (QED) is 0.843. The van der Waals surface area contributed by atoms with Gasteiger partial charge in [-0.2, -0.15) is 0 Å². The minimum atomic E-state index is -2.89. The van der Waals surface area contributed by atoms with Crippen molar-refractivity contribution in [1.29, 1.82) is 0 Å². The van der Waals surface area contributed by atoms with Gasteiger partial charge in [0.2, 0.25) is 0 Å². The molecule has 1 saturated carbocycles. The average molecular weight is 317 g/mol. The van der Waals surface area contributed by atoms with Crippen LogP contribution in [-0.2, 0) is 9.84 Å². The van der Waals surface area contributed by atoms with Crippen LogP contribution in [-0.4, -0.2) is 56.5 Å². The summed E-state index contributed by atoms with van der Waals surface area (Å²) in [6.45, 7) is 7.88. The fourth-order valence-electron chi connectivity index (χ4n) is 3.97. The molecule has 0 aromatic rings. The third-order valence-electron chi connectivity index (χ3n) is 5.20. The predicted molar refractivity (Wildman–Crippen MR) is 88.3 cm³/mol. The van der Waals surface area contributed by atoms with Gasteiger partial charge in [0.1, 0.15) is 9.84 Å². The van der Waals surface area contributed by atoms with Crippen LogP contribution in [0.1, 0.15) is 52.4 Å². The van der Waals surface area contributed by atoms with Crippen LogP contribution in [0, 0.1) is 5.92 Å². The summed E-state index contributed by atoms with van der Waals surface area (Å²) < 4.78 is 23.8. The van der Waals surface area contributed by atoms with E-state index in [1.54, 1.807) is 0 Å². The first-order valence-corrected chi connectivity index (χ1v) is 10.5. The Bertz CT molecular complexity index is 416. The topological polar surface area (TPSA) is 49.4 Å². The van der Waals surface area contributed by atoms with E-state index >= 15 is 0 Å². The summed E-state index contributed by atoms with van der Waals surface area (Å²) in [6.07, 6.45) is 7.87. The molecule has 2 aliphatic rings. The maximum absolute atomic E-state index is 11.9.